The van der Waals surface area contributed by atoms with E-state index in [4.69, 9.17) is 4.74 Å². The molecular formula is C19H17N3O2. The van der Waals surface area contributed by atoms with Gasteiger partial charge in [-0.1, -0.05) is 19.1 Å². The number of nitrogens with one attached hydrogen (secondary N) is 1. The Hall–Kier alpha value is -3.21. The molecule has 0 fully saturated rings. The van der Waals surface area contributed by atoms with Gasteiger partial charge in [0, 0.05) is 23.6 Å². The van der Waals surface area contributed by atoms with Crippen molar-refractivity contribution >= 4 is 11.6 Å². The second-order valence-electron chi connectivity index (χ2n) is 5.17. The maximum Gasteiger partial charge on any atom is 0.255 e. The van der Waals surface area contributed by atoms with Gasteiger partial charge in [-0.25, -0.2) is 4.98 Å². The molecule has 1 aromatic heterocycles. The van der Waals surface area contributed by atoms with E-state index in [1.54, 1.807) is 36.7 Å². The van der Waals surface area contributed by atoms with Gasteiger partial charge in [-0.3, -0.25) is 9.78 Å². The van der Waals surface area contributed by atoms with Gasteiger partial charge in [-0.05, 0) is 48.4 Å². The number of hydrogen-bond acceptors (Lipinski definition) is 4. The van der Waals surface area contributed by atoms with Crippen molar-refractivity contribution in [1.82, 2.24) is 9.97 Å². The fourth-order valence-corrected chi connectivity index (χ4v) is 2.16. The van der Waals surface area contributed by atoms with E-state index in [0.717, 1.165) is 6.42 Å². The van der Waals surface area contributed by atoms with Gasteiger partial charge in [0.25, 0.3) is 5.91 Å². The minimum Gasteiger partial charge on any atom is -0.438 e. The summed E-state index contributed by atoms with van der Waals surface area (Å²) in [6.45, 7) is 2.08. The van der Waals surface area contributed by atoms with Gasteiger partial charge in [0.2, 0.25) is 5.88 Å². The summed E-state index contributed by atoms with van der Waals surface area (Å²) < 4.78 is 5.56. The second-order valence-corrected chi connectivity index (χ2v) is 5.17. The van der Waals surface area contributed by atoms with Crippen molar-refractivity contribution in [2.24, 2.45) is 0 Å². The molecular weight excluding hydrogens is 302 g/mol. The van der Waals surface area contributed by atoms with Crippen LogP contribution in [0.5, 0.6) is 11.6 Å². The van der Waals surface area contributed by atoms with Crippen LogP contribution >= 0.6 is 0 Å². The molecule has 0 atom stereocenters. The summed E-state index contributed by atoms with van der Waals surface area (Å²) in [7, 11) is 0. The highest BCUT2D eigenvalue weighted by Crippen LogP contribution is 2.21. The Morgan fingerprint density at radius 2 is 1.79 bits per heavy atom. The Morgan fingerprint density at radius 1 is 1.04 bits per heavy atom. The fourth-order valence-electron chi connectivity index (χ4n) is 2.16. The number of carbonyl (C=O) groups is 1. The summed E-state index contributed by atoms with van der Waals surface area (Å²) >= 11 is 0. The summed E-state index contributed by atoms with van der Waals surface area (Å²) in [5.41, 5.74) is 2.54. The Balaban J connectivity index is 1.64. The van der Waals surface area contributed by atoms with Gasteiger partial charge in [0.05, 0.1) is 6.20 Å². The number of rotatable bonds is 5. The third kappa shape index (κ3) is 3.95. The Labute approximate surface area is 140 Å². The second kappa shape index (κ2) is 7.37. The SMILES string of the molecule is CCc1ccc(C(=O)Nc2ccc(Oc3cnccn3)cc2)cc1. The van der Waals surface area contributed by atoms with Gasteiger partial charge in [0.1, 0.15) is 5.75 Å². The van der Waals surface area contributed by atoms with Crippen LogP contribution in [-0.2, 0) is 6.42 Å². The van der Waals surface area contributed by atoms with E-state index >= 15 is 0 Å². The zero-order chi connectivity index (χ0) is 16.8. The summed E-state index contributed by atoms with van der Waals surface area (Å²) in [5.74, 6) is 0.909. The van der Waals surface area contributed by atoms with Crippen molar-refractivity contribution in [1.29, 1.82) is 0 Å². The van der Waals surface area contributed by atoms with E-state index in [2.05, 4.69) is 22.2 Å². The van der Waals surface area contributed by atoms with E-state index < -0.39 is 0 Å². The van der Waals surface area contributed by atoms with Crippen LogP contribution < -0.4 is 10.1 Å². The van der Waals surface area contributed by atoms with Crippen LogP contribution in [0.1, 0.15) is 22.8 Å². The van der Waals surface area contributed by atoms with Crippen molar-refractivity contribution < 1.29 is 9.53 Å². The number of aromatic nitrogens is 2. The first kappa shape index (κ1) is 15.7. The number of nitrogens with zero attached hydrogens (tertiary/aromatic N) is 2. The molecule has 0 bridgehead atoms. The third-order valence-electron chi connectivity index (χ3n) is 3.50. The molecule has 0 spiro atoms. The lowest BCUT2D eigenvalue weighted by Crippen LogP contribution is -2.11. The van der Waals surface area contributed by atoms with Crippen molar-refractivity contribution in [3.63, 3.8) is 0 Å². The first-order chi connectivity index (χ1) is 11.7. The van der Waals surface area contributed by atoms with Crippen LogP contribution in [0.25, 0.3) is 0 Å². The van der Waals surface area contributed by atoms with Gasteiger partial charge in [-0.2, -0.15) is 0 Å². The minimum atomic E-state index is -0.139. The number of amides is 1. The molecule has 1 amide bonds. The van der Waals surface area contributed by atoms with Crippen molar-refractivity contribution in [2.75, 3.05) is 5.32 Å². The van der Waals surface area contributed by atoms with Crippen molar-refractivity contribution in [2.45, 2.75) is 13.3 Å². The summed E-state index contributed by atoms with van der Waals surface area (Å²) in [6, 6.07) is 14.7. The fraction of sp³-hybridized carbons (Fsp3) is 0.105. The lowest BCUT2D eigenvalue weighted by molar-refractivity contribution is 0.102. The number of ether oxygens (including phenoxy) is 1. The van der Waals surface area contributed by atoms with Gasteiger partial charge in [-0.15, -0.1) is 0 Å². The molecule has 5 heteroatoms. The normalized spacial score (nSPS) is 10.2. The molecule has 0 unspecified atom stereocenters. The molecule has 0 saturated heterocycles. The molecule has 0 aliphatic heterocycles. The molecule has 1 heterocycles. The molecule has 24 heavy (non-hydrogen) atoms. The predicted molar refractivity (Wildman–Crippen MR) is 92.3 cm³/mol. The summed E-state index contributed by atoms with van der Waals surface area (Å²) in [6.07, 6.45) is 5.64. The smallest absolute Gasteiger partial charge is 0.255 e. The Bertz CT molecular complexity index is 800. The van der Waals surface area contributed by atoms with Crippen LogP contribution in [0.3, 0.4) is 0 Å². The van der Waals surface area contributed by atoms with E-state index in [9.17, 15) is 4.79 Å². The molecule has 3 aromatic rings. The number of hydrogen-bond donors (Lipinski definition) is 1. The first-order valence-electron chi connectivity index (χ1n) is 7.69. The summed E-state index contributed by atoms with van der Waals surface area (Å²) in [5, 5.41) is 2.86. The highest BCUT2D eigenvalue weighted by molar-refractivity contribution is 6.04. The lowest BCUT2D eigenvalue weighted by Gasteiger charge is -2.08. The highest BCUT2D eigenvalue weighted by Gasteiger charge is 2.06. The lowest BCUT2D eigenvalue weighted by atomic mass is 10.1. The van der Waals surface area contributed by atoms with Crippen LogP contribution in [0, 0.1) is 0 Å². The Kier molecular flexibility index (Phi) is 4.81. The number of carbonyl (C=O) groups excluding carboxylic acids is 1. The zero-order valence-corrected chi connectivity index (χ0v) is 13.3. The predicted octanol–water partition coefficient (Wildman–Crippen LogP) is 4.08. The van der Waals surface area contributed by atoms with E-state index in [0.29, 0.717) is 22.9 Å². The Morgan fingerprint density at radius 3 is 2.42 bits per heavy atom. The maximum atomic E-state index is 12.2. The monoisotopic (exact) mass is 319 g/mol. The molecule has 0 radical (unpaired) electrons. The molecule has 0 saturated carbocycles. The summed E-state index contributed by atoms with van der Waals surface area (Å²) in [4.78, 5) is 20.2. The standard InChI is InChI=1S/C19H17N3O2/c1-2-14-3-5-15(6-4-14)19(23)22-16-7-9-17(10-8-16)24-18-13-20-11-12-21-18/h3-13H,2H2,1H3,(H,22,23). The zero-order valence-electron chi connectivity index (χ0n) is 13.3. The molecule has 2 aromatic carbocycles. The topological polar surface area (TPSA) is 64.1 Å². The highest BCUT2D eigenvalue weighted by atomic mass is 16.5. The molecule has 0 aliphatic rings. The molecule has 1 N–H and O–H groups in total. The molecule has 120 valence electrons. The van der Waals surface area contributed by atoms with Crippen LogP contribution in [0.2, 0.25) is 0 Å². The van der Waals surface area contributed by atoms with E-state index in [1.165, 1.54) is 11.8 Å². The number of anilines is 1. The van der Waals surface area contributed by atoms with Crippen molar-refractivity contribution in [3.05, 3.63) is 78.2 Å². The average Bonchev–Trinajstić information content (AvgIpc) is 2.64. The quantitative estimate of drug-likeness (QED) is 0.769. The van der Waals surface area contributed by atoms with Crippen LogP contribution in [0.4, 0.5) is 5.69 Å². The maximum absolute atomic E-state index is 12.2. The molecule has 3 rings (SSSR count). The average molecular weight is 319 g/mol. The van der Waals surface area contributed by atoms with Crippen molar-refractivity contribution in [3.8, 4) is 11.6 Å². The van der Waals surface area contributed by atoms with Gasteiger partial charge < -0.3 is 10.1 Å². The molecule has 5 nitrogen and oxygen atoms in total. The van der Waals surface area contributed by atoms with Crippen LogP contribution in [0.15, 0.2) is 67.1 Å². The largest absolute Gasteiger partial charge is 0.438 e. The minimum absolute atomic E-state index is 0.139. The van der Waals surface area contributed by atoms with E-state index in [1.807, 2.05) is 24.3 Å². The number of benzene rings is 2. The first-order valence-corrected chi connectivity index (χ1v) is 7.69. The number of aryl methyl sites for hydroxylation is 1. The molecule has 0 aliphatic carbocycles. The van der Waals surface area contributed by atoms with E-state index in [-0.39, 0.29) is 5.91 Å². The van der Waals surface area contributed by atoms with Gasteiger partial charge >= 0.3 is 0 Å². The van der Waals surface area contributed by atoms with Gasteiger partial charge in [0.15, 0.2) is 0 Å². The third-order valence-corrected chi connectivity index (χ3v) is 3.50. The van der Waals surface area contributed by atoms with Crippen LogP contribution in [-0.4, -0.2) is 15.9 Å².